The molecule has 0 aromatic heterocycles. The number of Topliss-reactive ketones (excluding diaryl/α,β-unsaturated/α-hetero) is 2. The van der Waals surface area contributed by atoms with Crippen LogP contribution in [0.15, 0.2) is 0 Å². The average Bonchev–Trinajstić information content (AvgIpc) is 3.78. The standard InChI is InChI=1S/C27H44O4.C26H42O4/c1-6-18-22-15-17(28)11-13-27(22,4)21-12-14-26(3)19(16(2)7-10-23(29)31-5)8-9-20(26)24(21)25(18)30;1-5-17-21-14-16(27)10-12-26(21,4)20-11-13-25(3)18(15(2)6-9-22(28)29)7-8-19(25)23(20)24(17)30/h16-22,24,28H,6-15H2,1-5H3;15-21,23,27H,5-14H2,1-4H3,(H,28,29)/t16-,17-,18?,19-,20+,21+,22+,24+,26-,27-;15-,16-,17-,18-,19+,20+,21+,23+,25-,26-/m11/s1/i6D,18D;5D/t6?,16-,17-,18?,19-,20+,21+,22+,24+,26-,27-;5?,15-,16-,17-,18-,19+,20+,21+,23+,25-,26-. The molecule has 8 heteroatoms. The van der Waals surface area contributed by atoms with E-state index >= 15 is 0 Å². The van der Waals surface area contributed by atoms with Crippen LogP contribution in [0.5, 0.6) is 0 Å². The molecule has 0 spiro atoms. The van der Waals surface area contributed by atoms with Crippen LogP contribution >= 0.6 is 0 Å². The van der Waals surface area contributed by atoms with E-state index in [1.54, 1.807) is 6.92 Å². The molecule has 8 aliphatic rings. The fourth-order valence-corrected chi connectivity index (χ4v) is 17.8. The molecule has 0 heterocycles. The number of methoxy groups -OCH3 is 1. The fraction of sp³-hybridized carbons (Fsp3) is 0.925. The van der Waals surface area contributed by atoms with Crippen LogP contribution in [0.2, 0.25) is 0 Å². The molecule has 0 radical (unpaired) electrons. The lowest BCUT2D eigenvalue weighted by molar-refractivity contribution is -0.173. The van der Waals surface area contributed by atoms with Gasteiger partial charge in [0.1, 0.15) is 11.6 Å². The highest BCUT2D eigenvalue weighted by molar-refractivity contribution is 5.86. The topological polar surface area (TPSA) is 138 Å². The number of rotatable bonds is 10. The minimum atomic E-state index is -1.44. The molecule has 61 heavy (non-hydrogen) atoms. The number of ketones is 2. The van der Waals surface area contributed by atoms with Crippen LogP contribution < -0.4 is 0 Å². The number of hydrogen-bond donors (Lipinski definition) is 3. The van der Waals surface area contributed by atoms with E-state index in [-0.39, 0.29) is 87.4 Å². The number of carbonyl (C=O) groups is 4. The van der Waals surface area contributed by atoms with Crippen molar-refractivity contribution in [1.29, 1.82) is 0 Å². The number of aliphatic hydroxyl groups is 2. The Bertz CT molecular complexity index is 1760. The zero-order valence-corrected chi connectivity index (χ0v) is 39.4. The van der Waals surface area contributed by atoms with Gasteiger partial charge in [-0.1, -0.05) is 55.4 Å². The van der Waals surface area contributed by atoms with Gasteiger partial charge in [-0.05, 0) is 196 Å². The van der Waals surface area contributed by atoms with Crippen molar-refractivity contribution in [1.82, 2.24) is 0 Å². The van der Waals surface area contributed by atoms with Gasteiger partial charge >= 0.3 is 11.9 Å². The van der Waals surface area contributed by atoms with Crippen LogP contribution in [0.3, 0.4) is 0 Å². The van der Waals surface area contributed by atoms with Crippen LogP contribution in [0, 0.1) is 104 Å². The molecular weight excluding hydrogens is 765 g/mol. The molecule has 3 N–H and O–H groups in total. The van der Waals surface area contributed by atoms with E-state index in [1.165, 1.54) is 7.11 Å². The summed E-state index contributed by atoms with van der Waals surface area (Å²) in [6.45, 7) is 17.4. The molecule has 0 bridgehead atoms. The summed E-state index contributed by atoms with van der Waals surface area (Å²) in [5.41, 5.74) is 0.0226. The molecule has 0 aromatic carbocycles. The maximum atomic E-state index is 14.2. The first-order valence-corrected chi connectivity index (χ1v) is 25.0. The summed E-state index contributed by atoms with van der Waals surface area (Å²) >= 11 is 0. The second kappa shape index (κ2) is 17.9. The average molecular weight is 854 g/mol. The van der Waals surface area contributed by atoms with Crippen molar-refractivity contribution in [2.75, 3.05) is 7.11 Å². The third-order valence-electron chi connectivity index (χ3n) is 21.0. The normalized spacial score (nSPS) is 51.4. The van der Waals surface area contributed by atoms with Crippen LogP contribution in [-0.4, -0.2) is 58.1 Å². The van der Waals surface area contributed by atoms with Gasteiger partial charge in [0.25, 0.3) is 0 Å². The van der Waals surface area contributed by atoms with Gasteiger partial charge in [0, 0.05) is 40.6 Å². The first-order chi connectivity index (χ1) is 29.9. The Morgan fingerprint density at radius 2 is 1.10 bits per heavy atom. The number of fused-ring (bicyclic) bond motifs is 10. The summed E-state index contributed by atoms with van der Waals surface area (Å²) in [7, 11) is 1.44. The number of carboxylic acids is 1. The lowest BCUT2D eigenvalue weighted by Gasteiger charge is -2.62. The monoisotopic (exact) mass is 854 g/mol. The Hall–Kier alpha value is -1.80. The molecule has 0 saturated heterocycles. The van der Waals surface area contributed by atoms with Gasteiger partial charge in [0.2, 0.25) is 0 Å². The quantitative estimate of drug-likeness (QED) is 0.185. The van der Waals surface area contributed by atoms with Crippen molar-refractivity contribution in [3.8, 4) is 0 Å². The maximum absolute atomic E-state index is 14.2. The largest absolute Gasteiger partial charge is 0.481 e. The van der Waals surface area contributed by atoms with E-state index in [9.17, 15) is 30.8 Å². The van der Waals surface area contributed by atoms with Crippen LogP contribution in [0.4, 0.5) is 0 Å². The number of ether oxygens (including phenoxy) is 1. The Kier molecular flexibility index (Phi) is 12.6. The first kappa shape index (κ1) is 43.1. The molecule has 8 rings (SSSR count). The molecule has 0 amide bonds. The smallest absolute Gasteiger partial charge is 0.305 e. The fourth-order valence-electron chi connectivity index (χ4n) is 17.8. The molecule has 0 aromatic rings. The van der Waals surface area contributed by atoms with E-state index in [2.05, 4.69) is 41.5 Å². The third-order valence-corrected chi connectivity index (χ3v) is 21.0. The number of esters is 1. The zero-order chi connectivity index (χ0) is 47.1. The molecular formula is C53H86O8. The zero-order valence-electron chi connectivity index (χ0n) is 42.4. The van der Waals surface area contributed by atoms with Crippen molar-refractivity contribution in [2.24, 2.45) is 104 Å². The highest BCUT2D eigenvalue weighted by Crippen LogP contribution is 2.70. The van der Waals surface area contributed by atoms with E-state index in [4.69, 9.17) is 12.6 Å². The van der Waals surface area contributed by atoms with Crippen molar-refractivity contribution in [3.05, 3.63) is 0 Å². The SMILES string of the molecule is [2H]C(C)C1([2H])C(=O)[C@H]2[C@@H]3CC[C@H]([C@H](C)CCC(=O)OC)[C@@]3(C)CC[C@@H]2[C@@]2(C)CC[C@@H](O)C[C@@H]12.[2H]C(C)[C@H]1C(=O)[C@@H]2[C@H](CC[C@]3(C)[C@@H]([C@H](C)CCC(=O)O)CC[C@@H]23)[C@@]2(C)CC[C@@H](O)C[C@@H]12. The molecule has 8 aliphatic carbocycles. The van der Waals surface area contributed by atoms with E-state index in [0.29, 0.717) is 67.0 Å². The van der Waals surface area contributed by atoms with Gasteiger partial charge in [0.15, 0.2) is 0 Å². The lowest BCUT2D eigenvalue weighted by atomic mass is 9.42. The summed E-state index contributed by atoms with van der Waals surface area (Å²) in [5.74, 6) is 0.462. The van der Waals surface area contributed by atoms with E-state index < -0.39 is 30.8 Å². The first-order valence-electron chi connectivity index (χ1n) is 26.6. The lowest BCUT2D eigenvalue weighted by Crippen LogP contribution is -2.60. The second-order valence-corrected chi connectivity index (χ2v) is 23.3. The number of carboxylic acid groups (broad SMARTS) is 1. The van der Waals surface area contributed by atoms with Crippen molar-refractivity contribution >= 4 is 23.5 Å². The summed E-state index contributed by atoms with van der Waals surface area (Å²) in [6, 6.07) is 0. The van der Waals surface area contributed by atoms with Crippen molar-refractivity contribution in [2.45, 2.75) is 196 Å². The minimum absolute atomic E-state index is 0.00892. The number of hydrogen-bond acceptors (Lipinski definition) is 7. The molecule has 0 aliphatic heterocycles. The van der Waals surface area contributed by atoms with Crippen LogP contribution in [0.1, 0.15) is 188 Å². The summed E-state index contributed by atoms with van der Waals surface area (Å²) in [4.78, 5) is 51.0. The van der Waals surface area contributed by atoms with Gasteiger partial charge in [-0.2, -0.15) is 0 Å². The second-order valence-electron chi connectivity index (χ2n) is 23.3. The highest BCUT2D eigenvalue weighted by atomic mass is 16.5. The Morgan fingerprint density at radius 3 is 1.57 bits per heavy atom. The molecule has 8 fully saturated rings. The van der Waals surface area contributed by atoms with E-state index in [1.807, 2.05) is 6.92 Å². The predicted octanol–water partition coefficient (Wildman–Crippen LogP) is 10.7. The van der Waals surface area contributed by atoms with Gasteiger partial charge in [-0.3, -0.25) is 19.2 Å². The summed E-state index contributed by atoms with van der Waals surface area (Å²) < 4.78 is 31.5. The third kappa shape index (κ3) is 7.94. The molecule has 346 valence electrons. The molecule has 8 nitrogen and oxygen atoms in total. The number of aliphatic carboxylic acids is 1. The molecule has 22 atom stereocenters. The van der Waals surface area contributed by atoms with Crippen LogP contribution in [-0.2, 0) is 23.9 Å². The molecule has 3 unspecified atom stereocenters. The summed E-state index contributed by atoms with van der Waals surface area (Å²) in [5, 5.41) is 30.0. The van der Waals surface area contributed by atoms with Crippen LogP contribution in [0.25, 0.3) is 0 Å². The van der Waals surface area contributed by atoms with Crippen molar-refractivity contribution in [3.63, 3.8) is 0 Å². The Balaban J connectivity index is 0.000000192. The minimum Gasteiger partial charge on any atom is -0.481 e. The molecule has 8 saturated carbocycles. The van der Waals surface area contributed by atoms with Gasteiger partial charge < -0.3 is 20.1 Å². The number of aliphatic hydroxyl groups excluding tert-OH is 2. The summed E-state index contributed by atoms with van der Waals surface area (Å²) in [6.07, 6.45) is 13.2. The van der Waals surface area contributed by atoms with Crippen molar-refractivity contribution < 1.29 is 43.3 Å². The van der Waals surface area contributed by atoms with Gasteiger partial charge in [-0.25, -0.2) is 0 Å². The Labute approximate surface area is 373 Å². The van der Waals surface area contributed by atoms with Gasteiger partial charge in [-0.15, -0.1) is 0 Å². The Morgan fingerprint density at radius 1 is 0.656 bits per heavy atom. The number of carbonyl (C=O) groups excluding carboxylic acids is 3. The predicted molar refractivity (Wildman–Crippen MR) is 238 cm³/mol. The maximum Gasteiger partial charge on any atom is 0.305 e. The highest BCUT2D eigenvalue weighted by Gasteiger charge is 2.67. The van der Waals surface area contributed by atoms with E-state index in [0.717, 1.165) is 83.5 Å². The van der Waals surface area contributed by atoms with Gasteiger partial charge in [0.05, 0.1) is 19.3 Å².